The number of thiazole rings is 1. The van der Waals surface area contributed by atoms with Gasteiger partial charge in [-0.1, -0.05) is 72.7 Å². The molecule has 0 spiro atoms. The van der Waals surface area contributed by atoms with Crippen LogP contribution in [0.3, 0.4) is 0 Å². The second-order valence-electron chi connectivity index (χ2n) is 7.65. The first kappa shape index (κ1) is 21.6. The number of aryl methyl sites for hydroxylation is 1. The van der Waals surface area contributed by atoms with Crippen LogP contribution in [0, 0.1) is 6.92 Å². The van der Waals surface area contributed by atoms with E-state index < -0.39 is 0 Å². The molecule has 3 aromatic heterocycles. The van der Waals surface area contributed by atoms with E-state index in [1.807, 2.05) is 60.3 Å². The molecule has 8 heteroatoms. The van der Waals surface area contributed by atoms with Gasteiger partial charge in [0.1, 0.15) is 11.3 Å². The number of fused-ring (bicyclic) bond motifs is 1. The molecular formula is C24H19Cl2N3OS2. The van der Waals surface area contributed by atoms with Crippen LogP contribution in [-0.2, 0) is 0 Å². The van der Waals surface area contributed by atoms with Gasteiger partial charge < -0.3 is 4.42 Å². The van der Waals surface area contributed by atoms with Crippen LogP contribution in [0.5, 0.6) is 0 Å². The summed E-state index contributed by atoms with van der Waals surface area (Å²) in [6.07, 6.45) is 1.98. The average molecular weight is 500 g/mol. The number of benzene rings is 2. The lowest BCUT2D eigenvalue weighted by molar-refractivity contribution is 0.631. The fourth-order valence-corrected chi connectivity index (χ4v) is 6.17. The Morgan fingerprint density at radius 3 is 2.62 bits per heavy atom. The lowest BCUT2D eigenvalue weighted by Crippen LogP contribution is -1.94. The molecule has 2 aromatic carbocycles. The quantitative estimate of drug-likeness (QED) is 0.227. The van der Waals surface area contributed by atoms with Crippen molar-refractivity contribution in [1.82, 2.24) is 14.8 Å². The molecule has 0 atom stereocenters. The maximum atomic E-state index is 6.28. The summed E-state index contributed by atoms with van der Waals surface area (Å²) >= 11 is 15.8. The topological polar surface area (TPSA) is 43.9 Å². The van der Waals surface area contributed by atoms with E-state index in [1.54, 1.807) is 29.2 Å². The van der Waals surface area contributed by atoms with E-state index in [-0.39, 0.29) is 0 Å². The minimum absolute atomic E-state index is 0.412. The van der Waals surface area contributed by atoms with E-state index in [0.29, 0.717) is 15.3 Å². The van der Waals surface area contributed by atoms with Gasteiger partial charge in [0.25, 0.3) is 0 Å². The van der Waals surface area contributed by atoms with E-state index >= 15 is 0 Å². The first-order chi connectivity index (χ1) is 15.4. The Hall–Kier alpha value is -2.25. The Balaban J connectivity index is 1.58. The van der Waals surface area contributed by atoms with Crippen LogP contribution in [0.25, 0.3) is 38.7 Å². The van der Waals surface area contributed by atoms with Gasteiger partial charge in [-0.25, -0.2) is 9.67 Å². The zero-order valence-electron chi connectivity index (χ0n) is 17.6. The Morgan fingerprint density at radius 1 is 1.06 bits per heavy atom. The summed E-state index contributed by atoms with van der Waals surface area (Å²) in [6, 6.07) is 15.7. The number of rotatable bonds is 5. The molecule has 0 fully saturated rings. The highest BCUT2D eigenvalue weighted by molar-refractivity contribution is 8.01. The van der Waals surface area contributed by atoms with Crippen LogP contribution >= 0.6 is 46.3 Å². The number of nitrogens with zero attached hydrogens (tertiary/aromatic N) is 3. The van der Waals surface area contributed by atoms with E-state index in [0.717, 1.165) is 48.6 Å². The Labute approximate surface area is 204 Å². The molecular weight excluding hydrogens is 481 g/mol. The normalized spacial score (nSPS) is 11.7. The maximum Gasteiger partial charge on any atom is 0.211 e. The molecule has 0 saturated heterocycles. The van der Waals surface area contributed by atoms with Crippen LogP contribution in [0.2, 0.25) is 10.0 Å². The van der Waals surface area contributed by atoms with Crippen molar-refractivity contribution in [3.8, 4) is 27.7 Å². The third-order valence-corrected chi connectivity index (χ3v) is 7.90. The van der Waals surface area contributed by atoms with Crippen molar-refractivity contribution in [2.75, 3.05) is 0 Å². The third kappa shape index (κ3) is 4.08. The molecule has 0 amide bonds. The molecule has 0 unspecified atom stereocenters. The maximum absolute atomic E-state index is 6.28. The summed E-state index contributed by atoms with van der Waals surface area (Å²) in [4.78, 5) is 4.93. The van der Waals surface area contributed by atoms with Crippen molar-refractivity contribution in [1.29, 1.82) is 0 Å². The summed E-state index contributed by atoms with van der Waals surface area (Å²) in [5, 5.41) is 8.05. The summed E-state index contributed by atoms with van der Waals surface area (Å²) < 4.78 is 9.00. The van der Waals surface area contributed by atoms with Gasteiger partial charge in [0, 0.05) is 22.4 Å². The fraction of sp³-hybridized carbons (Fsp3) is 0.167. The third-order valence-electron chi connectivity index (χ3n) is 4.91. The average Bonchev–Trinajstić information content (AvgIpc) is 3.45. The summed E-state index contributed by atoms with van der Waals surface area (Å²) in [5.41, 5.74) is 4.52. The van der Waals surface area contributed by atoms with Gasteiger partial charge in [0.15, 0.2) is 0 Å². The zero-order chi connectivity index (χ0) is 22.4. The standard InChI is InChI=1S/C24H19Cl2N3OS2/c1-13(2)31-23-22(16-8-9-18(25)19(26)10-16)27-24(32-23)29-12-17(14(3)28-29)21-11-15-6-4-5-7-20(15)30-21/h4-13H,1-3H3. The first-order valence-corrected chi connectivity index (χ1v) is 12.5. The smallest absolute Gasteiger partial charge is 0.211 e. The van der Waals surface area contributed by atoms with Crippen LogP contribution in [0.15, 0.2) is 63.4 Å². The number of hydrogen-bond donors (Lipinski definition) is 0. The van der Waals surface area contributed by atoms with E-state index in [4.69, 9.17) is 37.7 Å². The van der Waals surface area contributed by atoms with Crippen molar-refractivity contribution in [2.45, 2.75) is 30.2 Å². The van der Waals surface area contributed by atoms with Gasteiger partial charge in [0.2, 0.25) is 5.13 Å². The Bertz CT molecular complexity index is 1400. The summed E-state index contributed by atoms with van der Waals surface area (Å²) in [6.45, 7) is 6.32. The van der Waals surface area contributed by atoms with Gasteiger partial charge >= 0.3 is 0 Å². The molecule has 0 aliphatic rings. The summed E-state index contributed by atoms with van der Waals surface area (Å²) in [7, 11) is 0. The molecule has 0 aliphatic heterocycles. The van der Waals surface area contributed by atoms with Crippen LogP contribution < -0.4 is 0 Å². The molecule has 0 radical (unpaired) electrons. The lowest BCUT2D eigenvalue weighted by atomic mass is 10.2. The predicted octanol–water partition coefficient (Wildman–Crippen LogP) is 8.52. The largest absolute Gasteiger partial charge is 0.456 e. The second-order valence-corrected chi connectivity index (χ2v) is 11.3. The van der Waals surface area contributed by atoms with Crippen LogP contribution in [0.1, 0.15) is 19.5 Å². The van der Waals surface area contributed by atoms with Crippen LogP contribution in [0.4, 0.5) is 0 Å². The molecule has 4 nitrogen and oxygen atoms in total. The Morgan fingerprint density at radius 2 is 1.88 bits per heavy atom. The Kier molecular flexibility index (Phi) is 5.80. The molecule has 0 bridgehead atoms. The highest BCUT2D eigenvalue weighted by atomic mass is 35.5. The zero-order valence-corrected chi connectivity index (χ0v) is 20.7. The van der Waals surface area contributed by atoms with Crippen molar-refractivity contribution in [3.05, 3.63) is 70.5 Å². The number of aromatic nitrogens is 3. The minimum Gasteiger partial charge on any atom is -0.456 e. The minimum atomic E-state index is 0.412. The molecule has 162 valence electrons. The van der Waals surface area contributed by atoms with Crippen molar-refractivity contribution in [2.24, 2.45) is 0 Å². The van der Waals surface area contributed by atoms with Gasteiger partial charge in [-0.15, -0.1) is 11.8 Å². The number of hydrogen-bond acceptors (Lipinski definition) is 5. The van der Waals surface area contributed by atoms with Crippen molar-refractivity contribution < 1.29 is 4.42 Å². The van der Waals surface area contributed by atoms with Crippen molar-refractivity contribution >= 4 is 57.3 Å². The SMILES string of the molecule is Cc1nn(-c2nc(-c3ccc(Cl)c(Cl)c3)c(SC(C)C)s2)cc1-c1cc2ccccc2o1. The molecule has 5 aromatic rings. The molecule has 3 heterocycles. The van der Waals surface area contributed by atoms with Gasteiger partial charge in [-0.2, -0.15) is 5.10 Å². The lowest BCUT2D eigenvalue weighted by Gasteiger charge is -2.05. The van der Waals surface area contributed by atoms with E-state index in [2.05, 4.69) is 13.8 Å². The molecule has 5 rings (SSSR count). The second kappa shape index (κ2) is 8.60. The molecule has 0 N–H and O–H groups in total. The van der Waals surface area contributed by atoms with E-state index in [9.17, 15) is 0 Å². The number of furan rings is 1. The molecule has 0 aliphatic carbocycles. The predicted molar refractivity (Wildman–Crippen MR) is 136 cm³/mol. The fourth-order valence-electron chi connectivity index (χ4n) is 3.43. The number of halogens is 2. The highest BCUT2D eigenvalue weighted by Gasteiger charge is 2.20. The highest BCUT2D eigenvalue weighted by Crippen LogP contribution is 2.41. The summed E-state index contributed by atoms with van der Waals surface area (Å²) in [5.74, 6) is 0.799. The first-order valence-electron chi connectivity index (χ1n) is 10.1. The molecule has 32 heavy (non-hydrogen) atoms. The van der Waals surface area contributed by atoms with Crippen molar-refractivity contribution in [3.63, 3.8) is 0 Å². The van der Waals surface area contributed by atoms with Gasteiger partial charge in [-0.05, 0) is 31.2 Å². The van der Waals surface area contributed by atoms with Crippen LogP contribution in [-0.4, -0.2) is 20.0 Å². The number of para-hydroxylation sites is 1. The number of thioether (sulfide) groups is 1. The van der Waals surface area contributed by atoms with Gasteiger partial charge in [0.05, 0.1) is 31.2 Å². The monoisotopic (exact) mass is 499 g/mol. The molecule has 0 saturated carbocycles. The van der Waals surface area contributed by atoms with Gasteiger partial charge in [-0.3, -0.25) is 0 Å². The van der Waals surface area contributed by atoms with E-state index in [1.165, 1.54) is 0 Å².